The van der Waals surface area contributed by atoms with Crippen LogP contribution in [-0.4, -0.2) is 11.6 Å². The molecule has 0 aliphatic carbocycles. The first-order valence-electron chi connectivity index (χ1n) is 3.00. The first kappa shape index (κ1) is 6.81. The van der Waals surface area contributed by atoms with Crippen molar-refractivity contribution in [1.29, 1.82) is 0 Å². The Morgan fingerprint density at radius 1 is 1.80 bits per heavy atom. The van der Waals surface area contributed by atoms with Crippen LogP contribution in [0.5, 0.6) is 5.75 Å². The number of aromatic nitrogens is 1. The molecule has 0 bridgehead atoms. The molecule has 1 heterocycles. The Balaban J connectivity index is 2.50. The average Bonchev–Trinajstić information content (AvgIpc) is 2.03. The molecule has 1 rings (SSSR count). The minimum absolute atomic E-state index is 0.502. The van der Waals surface area contributed by atoms with E-state index < -0.39 is 0 Å². The van der Waals surface area contributed by atoms with Crippen LogP contribution >= 0.6 is 0 Å². The number of ether oxygens (including phenoxy) is 1. The van der Waals surface area contributed by atoms with E-state index in [1.165, 1.54) is 0 Å². The van der Waals surface area contributed by atoms with E-state index in [4.69, 9.17) is 4.74 Å². The summed E-state index contributed by atoms with van der Waals surface area (Å²) in [5.41, 5.74) is 0. The van der Waals surface area contributed by atoms with Crippen molar-refractivity contribution < 1.29 is 4.74 Å². The Morgan fingerprint density at radius 3 is 3.30 bits per heavy atom. The molecular formula is C8H8NO. The SMILES string of the molecule is C=CCOc1[c]nccc1. The maximum Gasteiger partial charge on any atom is 0.147 e. The Labute approximate surface area is 60.2 Å². The summed E-state index contributed by atoms with van der Waals surface area (Å²) in [5.74, 6) is 0.655. The third kappa shape index (κ3) is 1.90. The molecule has 0 unspecified atom stereocenters. The highest BCUT2D eigenvalue weighted by molar-refractivity contribution is 5.14. The zero-order chi connectivity index (χ0) is 7.23. The smallest absolute Gasteiger partial charge is 0.147 e. The standard InChI is InChI=1S/C8H8NO/c1-2-6-10-8-4-3-5-9-7-8/h2-5H,1,6H2. The van der Waals surface area contributed by atoms with Gasteiger partial charge < -0.3 is 4.74 Å². The van der Waals surface area contributed by atoms with Crippen molar-refractivity contribution in [3.05, 3.63) is 37.2 Å². The van der Waals surface area contributed by atoms with E-state index in [0.717, 1.165) is 0 Å². The zero-order valence-electron chi connectivity index (χ0n) is 5.58. The van der Waals surface area contributed by atoms with Crippen LogP contribution in [0, 0.1) is 6.20 Å². The van der Waals surface area contributed by atoms with Gasteiger partial charge in [-0.25, -0.2) is 0 Å². The van der Waals surface area contributed by atoms with Crippen molar-refractivity contribution >= 4 is 0 Å². The average molecular weight is 134 g/mol. The second kappa shape index (κ2) is 3.67. The fraction of sp³-hybridized carbons (Fsp3) is 0.125. The van der Waals surface area contributed by atoms with Gasteiger partial charge in [-0.1, -0.05) is 12.7 Å². The third-order valence-electron chi connectivity index (χ3n) is 0.940. The summed E-state index contributed by atoms with van der Waals surface area (Å²) in [6.45, 7) is 4.02. The van der Waals surface area contributed by atoms with Gasteiger partial charge in [-0.15, -0.1) is 0 Å². The Morgan fingerprint density at radius 2 is 2.70 bits per heavy atom. The lowest BCUT2D eigenvalue weighted by atomic mass is 10.5. The predicted octanol–water partition coefficient (Wildman–Crippen LogP) is 1.45. The molecule has 1 radical (unpaired) electrons. The van der Waals surface area contributed by atoms with Gasteiger partial charge in [0.2, 0.25) is 0 Å². The van der Waals surface area contributed by atoms with Gasteiger partial charge in [0.25, 0.3) is 0 Å². The van der Waals surface area contributed by atoms with E-state index in [-0.39, 0.29) is 0 Å². The van der Waals surface area contributed by atoms with Gasteiger partial charge >= 0.3 is 0 Å². The Bertz CT molecular complexity index is 196. The summed E-state index contributed by atoms with van der Waals surface area (Å²) < 4.78 is 5.12. The van der Waals surface area contributed by atoms with Crippen molar-refractivity contribution in [2.45, 2.75) is 0 Å². The summed E-state index contributed by atoms with van der Waals surface area (Å²) in [6, 6.07) is 3.60. The lowest BCUT2D eigenvalue weighted by Crippen LogP contribution is -1.92. The number of nitrogens with zero attached hydrogens (tertiary/aromatic N) is 1. The first-order chi connectivity index (χ1) is 4.93. The van der Waals surface area contributed by atoms with Crippen LogP contribution < -0.4 is 4.74 Å². The van der Waals surface area contributed by atoms with Crippen LogP contribution in [0.2, 0.25) is 0 Å². The largest absolute Gasteiger partial charge is 0.487 e. The van der Waals surface area contributed by atoms with Crippen LogP contribution in [0.15, 0.2) is 31.0 Å². The van der Waals surface area contributed by atoms with Crippen LogP contribution in [0.3, 0.4) is 0 Å². The fourth-order valence-corrected chi connectivity index (χ4v) is 0.541. The lowest BCUT2D eigenvalue weighted by molar-refractivity contribution is 0.361. The summed E-state index contributed by atoms with van der Waals surface area (Å²) in [4.78, 5) is 3.75. The topological polar surface area (TPSA) is 22.1 Å². The van der Waals surface area contributed by atoms with E-state index in [0.29, 0.717) is 12.4 Å². The first-order valence-corrected chi connectivity index (χ1v) is 3.00. The normalized spacial score (nSPS) is 8.80. The molecule has 0 spiro atoms. The second-order valence-electron chi connectivity index (χ2n) is 1.71. The molecule has 0 aromatic carbocycles. The molecule has 51 valence electrons. The summed E-state index contributed by atoms with van der Waals surface area (Å²) in [7, 11) is 0. The van der Waals surface area contributed by atoms with Crippen LogP contribution in [-0.2, 0) is 0 Å². The third-order valence-corrected chi connectivity index (χ3v) is 0.940. The highest BCUT2D eigenvalue weighted by atomic mass is 16.5. The zero-order valence-corrected chi connectivity index (χ0v) is 5.58. The highest BCUT2D eigenvalue weighted by Crippen LogP contribution is 2.03. The monoisotopic (exact) mass is 134 g/mol. The molecule has 1 aromatic rings. The fourth-order valence-electron chi connectivity index (χ4n) is 0.541. The van der Waals surface area contributed by atoms with Crippen molar-refractivity contribution in [1.82, 2.24) is 4.98 Å². The Kier molecular flexibility index (Phi) is 2.49. The van der Waals surface area contributed by atoms with Gasteiger partial charge in [0.05, 0.1) is 0 Å². The van der Waals surface area contributed by atoms with Gasteiger partial charge in [0.1, 0.15) is 18.6 Å². The maximum atomic E-state index is 5.12. The molecule has 0 fully saturated rings. The summed E-state index contributed by atoms with van der Waals surface area (Å²) in [6.07, 6.45) is 6.02. The van der Waals surface area contributed by atoms with E-state index in [2.05, 4.69) is 17.8 Å². The van der Waals surface area contributed by atoms with Gasteiger partial charge in [-0.3, -0.25) is 4.98 Å². The lowest BCUT2D eigenvalue weighted by Gasteiger charge is -1.98. The highest BCUT2D eigenvalue weighted by Gasteiger charge is 1.87. The number of hydrogen-bond donors (Lipinski definition) is 0. The minimum Gasteiger partial charge on any atom is -0.487 e. The Hall–Kier alpha value is -1.31. The van der Waals surface area contributed by atoms with E-state index in [1.807, 2.05) is 0 Å². The number of hydrogen-bond acceptors (Lipinski definition) is 2. The molecular weight excluding hydrogens is 126 g/mol. The minimum atomic E-state index is 0.502. The van der Waals surface area contributed by atoms with Crippen molar-refractivity contribution in [2.75, 3.05) is 6.61 Å². The van der Waals surface area contributed by atoms with Gasteiger partial charge in [0.15, 0.2) is 0 Å². The summed E-state index contributed by atoms with van der Waals surface area (Å²) >= 11 is 0. The molecule has 0 saturated heterocycles. The van der Waals surface area contributed by atoms with Gasteiger partial charge in [-0.05, 0) is 12.1 Å². The van der Waals surface area contributed by atoms with Crippen LogP contribution in [0.25, 0.3) is 0 Å². The van der Waals surface area contributed by atoms with E-state index in [1.54, 1.807) is 24.4 Å². The molecule has 2 nitrogen and oxygen atoms in total. The van der Waals surface area contributed by atoms with Crippen LogP contribution in [0.1, 0.15) is 0 Å². The number of pyridine rings is 1. The molecule has 0 atom stereocenters. The molecule has 0 N–H and O–H groups in total. The van der Waals surface area contributed by atoms with Gasteiger partial charge in [0, 0.05) is 6.20 Å². The van der Waals surface area contributed by atoms with Crippen molar-refractivity contribution in [3.8, 4) is 5.75 Å². The molecule has 2 heteroatoms. The molecule has 0 aliphatic heterocycles. The molecule has 1 aromatic heterocycles. The predicted molar refractivity (Wildman–Crippen MR) is 38.8 cm³/mol. The quantitative estimate of drug-likeness (QED) is 0.583. The number of rotatable bonds is 3. The maximum absolute atomic E-state index is 5.12. The van der Waals surface area contributed by atoms with Gasteiger partial charge in [-0.2, -0.15) is 0 Å². The van der Waals surface area contributed by atoms with Crippen LogP contribution in [0.4, 0.5) is 0 Å². The molecule has 10 heavy (non-hydrogen) atoms. The van der Waals surface area contributed by atoms with Crippen molar-refractivity contribution in [2.24, 2.45) is 0 Å². The van der Waals surface area contributed by atoms with Crippen molar-refractivity contribution in [3.63, 3.8) is 0 Å². The van der Waals surface area contributed by atoms with E-state index >= 15 is 0 Å². The molecule has 0 aliphatic rings. The van der Waals surface area contributed by atoms with E-state index in [9.17, 15) is 0 Å². The molecule has 0 saturated carbocycles. The molecule has 0 amide bonds. The second-order valence-corrected chi connectivity index (χ2v) is 1.71. The summed E-state index contributed by atoms with van der Waals surface area (Å²) in [5, 5.41) is 0.